The van der Waals surface area contributed by atoms with Crippen molar-refractivity contribution in [2.45, 2.75) is 5.92 Å². The fourth-order valence-electron chi connectivity index (χ4n) is 2.74. The molecule has 1 aromatic carbocycles. The first-order valence-corrected chi connectivity index (χ1v) is 8.31. The average Bonchev–Trinajstić information content (AvgIpc) is 2.88. The molecular weight excluding hydrogens is 256 g/mol. The summed E-state index contributed by atoms with van der Waals surface area (Å²) in [4.78, 5) is 2.56. The SMILES string of the molecule is c1ccc2c(c1)OCC2CNCCN1CCSCC1. The van der Waals surface area contributed by atoms with E-state index in [1.165, 1.54) is 36.7 Å². The van der Waals surface area contributed by atoms with Crippen molar-refractivity contribution in [1.82, 2.24) is 10.2 Å². The number of rotatable bonds is 5. The van der Waals surface area contributed by atoms with Crippen LogP contribution in [-0.2, 0) is 0 Å². The standard InChI is InChI=1S/C15H22N2OS/c1-2-4-15-14(3-1)13(12-18-15)11-16-5-6-17-7-9-19-10-8-17/h1-4,13,16H,5-12H2. The van der Waals surface area contributed by atoms with E-state index >= 15 is 0 Å². The molecule has 0 aliphatic carbocycles. The van der Waals surface area contributed by atoms with Crippen LogP contribution < -0.4 is 10.1 Å². The number of fused-ring (bicyclic) bond motifs is 1. The van der Waals surface area contributed by atoms with Crippen molar-refractivity contribution in [1.29, 1.82) is 0 Å². The third-order valence-corrected chi connectivity index (χ3v) is 4.84. The van der Waals surface area contributed by atoms with Gasteiger partial charge in [-0.2, -0.15) is 11.8 Å². The van der Waals surface area contributed by atoms with E-state index in [1.807, 2.05) is 6.07 Å². The fourth-order valence-corrected chi connectivity index (χ4v) is 3.72. The van der Waals surface area contributed by atoms with Gasteiger partial charge in [-0.05, 0) is 6.07 Å². The molecule has 0 bridgehead atoms. The Morgan fingerprint density at radius 1 is 1.26 bits per heavy atom. The molecule has 1 aromatic rings. The van der Waals surface area contributed by atoms with Gasteiger partial charge in [-0.15, -0.1) is 0 Å². The molecule has 0 aromatic heterocycles. The van der Waals surface area contributed by atoms with Gasteiger partial charge >= 0.3 is 0 Å². The van der Waals surface area contributed by atoms with E-state index in [0.717, 1.165) is 25.4 Å². The van der Waals surface area contributed by atoms with E-state index in [4.69, 9.17) is 4.74 Å². The second kappa shape index (κ2) is 6.64. The molecular formula is C15H22N2OS. The predicted molar refractivity (Wildman–Crippen MR) is 81.3 cm³/mol. The van der Waals surface area contributed by atoms with E-state index in [-0.39, 0.29) is 0 Å². The molecule has 2 heterocycles. The van der Waals surface area contributed by atoms with Crippen LogP contribution in [0.4, 0.5) is 0 Å². The predicted octanol–water partition coefficient (Wildman–Crippen LogP) is 1.80. The van der Waals surface area contributed by atoms with Gasteiger partial charge < -0.3 is 15.0 Å². The van der Waals surface area contributed by atoms with E-state index in [9.17, 15) is 0 Å². The van der Waals surface area contributed by atoms with Gasteiger partial charge in [-0.25, -0.2) is 0 Å². The molecule has 1 atom stereocenters. The van der Waals surface area contributed by atoms with Gasteiger partial charge in [-0.3, -0.25) is 0 Å². The van der Waals surface area contributed by atoms with Crippen molar-refractivity contribution in [3.8, 4) is 5.75 Å². The van der Waals surface area contributed by atoms with Gasteiger partial charge in [0.2, 0.25) is 0 Å². The van der Waals surface area contributed by atoms with Gasteiger partial charge in [0.25, 0.3) is 0 Å². The van der Waals surface area contributed by atoms with Gasteiger partial charge in [0, 0.05) is 55.7 Å². The number of nitrogens with one attached hydrogen (secondary N) is 1. The number of hydrogen-bond donors (Lipinski definition) is 1. The number of benzene rings is 1. The number of nitrogens with zero attached hydrogens (tertiary/aromatic N) is 1. The second-order valence-corrected chi connectivity index (χ2v) is 6.43. The van der Waals surface area contributed by atoms with Gasteiger partial charge in [0.05, 0.1) is 6.61 Å². The van der Waals surface area contributed by atoms with Crippen LogP contribution in [0.5, 0.6) is 5.75 Å². The summed E-state index contributed by atoms with van der Waals surface area (Å²) in [5.74, 6) is 4.18. The van der Waals surface area contributed by atoms with E-state index in [0.29, 0.717) is 5.92 Å². The third-order valence-electron chi connectivity index (χ3n) is 3.90. The summed E-state index contributed by atoms with van der Waals surface area (Å²) in [5, 5.41) is 3.59. The van der Waals surface area contributed by atoms with Crippen LogP contribution in [0, 0.1) is 0 Å². The monoisotopic (exact) mass is 278 g/mol. The Morgan fingerprint density at radius 2 is 2.11 bits per heavy atom. The molecule has 0 saturated carbocycles. The Hall–Kier alpha value is -0.710. The molecule has 2 aliphatic rings. The van der Waals surface area contributed by atoms with Crippen molar-refractivity contribution < 1.29 is 4.74 Å². The highest BCUT2D eigenvalue weighted by Gasteiger charge is 2.22. The summed E-state index contributed by atoms with van der Waals surface area (Å²) in [6, 6.07) is 8.41. The molecule has 1 saturated heterocycles. The molecule has 0 radical (unpaired) electrons. The molecule has 4 heteroatoms. The molecule has 3 rings (SSSR count). The van der Waals surface area contributed by atoms with Crippen molar-refractivity contribution >= 4 is 11.8 Å². The molecule has 0 spiro atoms. The Balaban J connectivity index is 1.39. The first kappa shape index (κ1) is 13.3. The minimum Gasteiger partial charge on any atom is -0.493 e. The highest BCUT2D eigenvalue weighted by Crippen LogP contribution is 2.32. The molecule has 1 fully saturated rings. The number of ether oxygens (including phenoxy) is 1. The van der Waals surface area contributed by atoms with Crippen LogP contribution in [-0.4, -0.2) is 55.7 Å². The summed E-state index contributed by atoms with van der Waals surface area (Å²) in [6.07, 6.45) is 0. The van der Waals surface area contributed by atoms with Crippen molar-refractivity contribution in [2.75, 3.05) is 50.8 Å². The minimum atomic E-state index is 0.521. The van der Waals surface area contributed by atoms with E-state index < -0.39 is 0 Å². The topological polar surface area (TPSA) is 24.5 Å². The minimum absolute atomic E-state index is 0.521. The highest BCUT2D eigenvalue weighted by atomic mass is 32.2. The maximum atomic E-state index is 5.70. The summed E-state index contributed by atoms with van der Waals surface area (Å²) in [6.45, 7) is 6.62. The molecule has 104 valence electrons. The fraction of sp³-hybridized carbons (Fsp3) is 0.600. The van der Waals surface area contributed by atoms with E-state index in [1.54, 1.807) is 0 Å². The quantitative estimate of drug-likeness (QED) is 0.830. The average molecular weight is 278 g/mol. The van der Waals surface area contributed by atoms with Crippen LogP contribution in [0.15, 0.2) is 24.3 Å². The van der Waals surface area contributed by atoms with Crippen LogP contribution >= 0.6 is 11.8 Å². The summed E-state index contributed by atoms with van der Waals surface area (Å²) < 4.78 is 5.70. The Morgan fingerprint density at radius 3 is 3.00 bits per heavy atom. The zero-order valence-electron chi connectivity index (χ0n) is 11.3. The first-order chi connectivity index (χ1) is 9.43. The lowest BCUT2D eigenvalue weighted by Crippen LogP contribution is -2.38. The first-order valence-electron chi connectivity index (χ1n) is 7.16. The molecule has 19 heavy (non-hydrogen) atoms. The van der Waals surface area contributed by atoms with Crippen LogP contribution in [0.1, 0.15) is 11.5 Å². The largest absolute Gasteiger partial charge is 0.493 e. The maximum Gasteiger partial charge on any atom is 0.122 e. The lowest BCUT2D eigenvalue weighted by atomic mass is 10.0. The zero-order chi connectivity index (χ0) is 12.9. The lowest BCUT2D eigenvalue weighted by Gasteiger charge is -2.26. The molecule has 3 nitrogen and oxygen atoms in total. The second-order valence-electron chi connectivity index (χ2n) is 5.20. The van der Waals surface area contributed by atoms with Crippen LogP contribution in [0.3, 0.4) is 0 Å². The number of hydrogen-bond acceptors (Lipinski definition) is 4. The molecule has 0 amide bonds. The highest BCUT2D eigenvalue weighted by molar-refractivity contribution is 7.99. The maximum absolute atomic E-state index is 5.70. The normalized spacial score (nSPS) is 23.1. The van der Waals surface area contributed by atoms with Crippen LogP contribution in [0.25, 0.3) is 0 Å². The Kier molecular flexibility index (Phi) is 4.64. The van der Waals surface area contributed by atoms with Gasteiger partial charge in [-0.1, -0.05) is 18.2 Å². The Bertz CT molecular complexity index is 407. The van der Waals surface area contributed by atoms with Crippen molar-refractivity contribution in [3.05, 3.63) is 29.8 Å². The van der Waals surface area contributed by atoms with Gasteiger partial charge in [0.15, 0.2) is 0 Å². The van der Waals surface area contributed by atoms with Gasteiger partial charge in [0.1, 0.15) is 5.75 Å². The summed E-state index contributed by atoms with van der Waals surface area (Å²) in [5.41, 5.74) is 1.37. The molecule has 1 N–H and O–H groups in total. The Labute approximate surface area is 119 Å². The van der Waals surface area contributed by atoms with Crippen LogP contribution in [0.2, 0.25) is 0 Å². The number of thioether (sulfide) groups is 1. The smallest absolute Gasteiger partial charge is 0.122 e. The molecule has 2 aliphatic heterocycles. The summed E-state index contributed by atoms with van der Waals surface area (Å²) in [7, 11) is 0. The summed E-state index contributed by atoms with van der Waals surface area (Å²) >= 11 is 2.07. The molecule has 1 unspecified atom stereocenters. The zero-order valence-corrected chi connectivity index (χ0v) is 12.1. The number of para-hydroxylation sites is 1. The third kappa shape index (κ3) is 3.44. The van der Waals surface area contributed by atoms with E-state index in [2.05, 4.69) is 40.2 Å². The lowest BCUT2D eigenvalue weighted by molar-refractivity contribution is 0.294. The van der Waals surface area contributed by atoms with Crippen molar-refractivity contribution in [2.24, 2.45) is 0 Å². The van der Waals surface area contributed by atoms with Crippen molar-refractivity contribution in [3.63, 3.8) is 0 Å².